The highest BCUT2D eigenvalue weighted by Crippen LogP contribution is 2.29. The Hall–Kier alpha value is -2.42. The molecule has 1 aliphatic rings. The Kier molecular flexibility index (Phi) is 7.44. The second-order valence-corrected chi connectivity index (χ2v) is 8.51. The number of amides is 1. The smallest absolute Gasteiger partial charge is 0.293 e. The topological polar surface area (TPSA) is 66.7 Å². The molecule has 4 rings (SSSR count). The molecule has 0 saturated carbocycles. The molecule has 0 bridgehead atoms. The van der Waals surface area contributed by atoms with Gasteiger partial charge in [0.25, 0.3) is 5.91 Å². The molecule has 0 spiro atoms. The van der Waals surface area contributed by atoms with Gasteiger partial charge in [0.05, 0.1) is 23.3 Å². The zero-order valence-corrected chi connectivity index (χ0v) is 19.4. The number of hydrogen-bond donors (Lipinski definition) is 2. The van der Waals surface area contributed by atoms with Crippen molar-refractivity contribution in [3.05, 3.63) is 76.0 Å². The first-order valence-electron chi connectivity index (χ1n) is 10.0. The van der Waals surface area contributed by atoms with Gasteiger partial charge in [-0.25, -0.2) is 0 Å². The van der Waals surface area contributed by atoms with E-state index in [1.54, 1.807) is 30.3 Å². The first kappa shape index (κ1) is 22.8. The first-order chi connectivity index (χ1) is 15.5. The van der Waals surface area contributed by atoms with E-state index >= 15 is 0 Å². The number of halogens is 2. The van der Waals surface area contributed by atoms with E-state index in [2.05, 4.69) is 15.5 Å². The lowest BCUT2D eigenvalue weighted by Gasteiger charge is -2.26. The third-order valence-electron chi connectivity index (χ3n) is 4.98. The van der Waals surface area contributed by atoms with Gasteiger partial charge < -0.3 is 14.5 Å². The summed E-state index contributed by atoms with van der Waals surface area (Å²) < 4.78 is 11.0. The Morgan fingerprint density at radius 3 is 2.47 bits per heavy atom. The average Bonchev–Trinajstić information content (AvgIpc) is 3.28. The molecule has 0 aliphatic carbocycles. The Bertz CT molecular complexity index is 1110. The van der Waals surface area contributed by atoms with Crippen molar-refractivity contribution < 1.29 is 13.9 Å². The van der Waals surface area contributed by atoms with Crippen LogP contribution in [-0.2, 0) is 11.3 Å². The Morgan fingerprint density at radius 2 is 1.75 bits per heavy atom. The molecule has 0 unspecified atom stereocenters. The van der Waals surface area contributed by atoms with Crippen LogP contribution in [0.2, 0.25) is 10.0 Å². The number of nitrogens with zero attached hydrogens (tertiary/aromatic N) is 1. The zero-order valence-electron chi connectivity index (χ0n) is 17.1. The molecule has 3 aromatic rings. The highest BCUT2D eigenvalue weighted by Gasteiger charge is 2.15. The maximum atomic E-state index is 12.5. The standard InChI is InChI=1S/C23H21Cl2N3O3S/c24-18-6-3-16(13-19(18)25)20-7-8-21(31-20)22(29)27-23(32)26-17-4-1-15(2-5-17)14-28-9-11-30-12-10-28/h1-8,13H,9-12,14H2,(H2,26,27,29,32). The van der Waals surface area contributed by atoms with Crippen LogP contribution in [0.3, 0.4) is 0 Å². The second kappa shape index (κ2) is 10.5. The number of carbonyl (C=O) groups excluding carboxylic acids is 1. The van der Waals surface area contributed by atoms with E-state index in [1.165, 1.54) is 5.56 Å². The fourth-order valence-electron chi connectivity index (χ4n) is 3.30. The Morgan fingerprint density at radius 1 is 1.00 bits per heavy atom. The van der Waals surface area contributed by atoms with Crippen LogP contribution in [0.4, 0.5) is 5.69 Å². The Labute approximate surface area is 201 Å². The molecule has 1 aliphatic heterocycles. The van der Waals surface area contributed by atoms with Crippen molar-refractivity contribution in [3.63, 3.8) is 0 Å². The van der Waals surface area contributed by atoms with Crippen LogP contribution < -0.4 is 10.6 Å². The number of ether oxygens (including phenoxy) is 1. The SMILES string of the molecule is O=C(NC(=S)Nc1ccc(CN2CCOCC2)cc1)c1ccc(-c2ccc(Cl)c(Cl)c2)o1. The molecular formula is C23H21Cl2N3O3S. The summed E-state index contributed by atoms with van der Waals surface area (Å²) in [6.45, 7) is 4.31. The van der Waals surface area contributed by atoms with Crippen LogP contribution in [-0.4, -0.2) is 42.2 Å². The van der Waals surface area contributed by atoms with Gasteiger partial charge >= 0.3 is 0 Å². The van der Waals surface area contributed by atoms with E-state index in [-0.39, 0.29) is 10.9 Å². The van der Waals surface area contributed by atoms with Crippen LogP contribution in [0.5, 0.6) is 0 Å². The lowest BCUT2D eigenvalue weighted by atomic mass is 10.2. The minimum atomic E-state index is -0.447. The fraction of sp³-hybridized carbons (Fsp3) is 0.217. The Balaban J connectivity index is 1.31. The summed E-state index contributed by atoms with van der Waals surface area (Å²) in [4.78, 5) is 14.8. The number of carbonyl (C=O) groups is 1. The average molecular weight is 490 g/mol. The van der Waals surface area contributed by atoms with Gasteiger partial charge in [-0.3, -0.25) is 15.0 Å². The highest BCUT2D eigenvalue weighted by molar-refractivity contribution is 7.80. The van der Waals surface area contributed by atoms with E-state index in [1.807, 2.05) is 24.3 Å². The molecule has 2 aromatic carbocycles. The lowest BCUT2D eigenvalue weighted by molar-refractivity contribution is 0.0342. The minimum absolute atomic E-state index is 0.135. The van der Waals surface area contributed by atoms with E-state index < -0.39 is 5.91 Å². The number of hydrogen-bond acceptors (Lipinski definition) is 5. The maximum absolute atomic E-state index is 12.5. The number of benzene rings is 2. The number of anilines is 1. The van der Waals surface area contributed by atoms with Crippen LogP contribution in [0.15, 0.2) is 59.0 Å². The molecule has 2 N–H and O–H groups in total. The summed E-state index contributed by atoms with van der Waals surface area (Å²) in [6.07, 6.45) is 0. The third kappa shape index (κ3) is 5.88. The molecule has 1 amide bonds. The van der Waals surface area contributed by atoms with Crippen LogP contribution >= 0.6 is 35.4 Å². The van der Waals surface area contributed by atoms with Crippen molar-refractivity contribution in [2.45, 2.75) is 6.54 Å². The van der Waals surface area contributed by atoms with Gasteiger partial charge in [0.1, 0.15) is 5.76 Å². The molecule has 166 valence electrons. The van der Waals surface area contributed by atoms with Crippen molar-refractivity contribution in [1.29, 1.82) is 0 Å². The van der Waals surface area contributed by atoms with Gasteiger partial charge in [-0.2, -0.15) is 0 Å². The van der Waals surface area contributed by atoms with Crippen LogP contribution in [0.1, 0.15) is 16.1 Å². The van der Waals surface area contributed by atoms with Crippen molar-refractivity contribution in [1.82, 2.24) is 10.2 Å². The predicted molar refractivity (Wildman–Crippen MR) is 130 cm³/mol. The summed E-state index contributed by atoms with van der Waals surface area (Å²) in [5, 5.41) is 6.69. The van der Waals surface area contributed by atoms with E-state index in [4.69, 9.17) is 44.6 Å². The summed E-state index contributed by atoms with van der Waals surface area (Å²) in [6, 6.07) is 16.3. The number of morpholine rings is 1. The molecule has 9 heteroatoms. The van der Waals surface area contributed by atoms with Crippen molar-refractivity contribution in [2.75, 3.05) is 31.6 Å². The second-order valence-electron chi connectivity index (χ2n) is 7.29. The van der Waals surface area contributed by atoms with Crippen molar-refractivity contribution >= 4 is 52.1 Å². The maximum Gasteiger partial charge on any atom is 0.293 e. The predicted octanol–water partition coefficient (Wildman–Crippen LogP) is 5.21. The summed E-state index contributed by atoms with van der Waals surface area (Å²) >= 11 is 17.3. The van der Waals surface area contributed by atoms with Gasteiger partial charge in [0.15, 0.2) is 10.9 Å². The number of nitrogens with one attached hydrogen (secondary N) is 2. The first-order valence-corrected chi connectivity index (χ1v) is 11.2. The number of rotatable bonds is 5. The molecule has 0 radical (unpaired) electrons. The highest BCUT2D eigenvalue weighted by atomic mass is 35.5. The van der Waals surface area contributed by atoms with Gasteiger partial charge in [-0.15, -0.1) is 0 Å². The molecular weight excluding hydrogens is 469 g/mol. The number of thiocarbonyl (C=S) groups is 1. The largest absolute Gasteiger partial charge is 0.451 e. The van der Waals surface area contributed by atoms with E-state index in [0.29, 0.717) is 15.8 Å². The zero-order chi connectivity index (χ0) is 22.5. The fourth-order valence-corrected chi connectivity index (χ4v) is 3.81. The van der Waals surface area contributed by atoms with Crippen LogP contribution in [0.25, 0.3) is 11.3 Å². The molecule has 32 heavy (non-hydrogen) atoms. The molecule has 0 atom stereocenters. The minimum Gasteiger partial charge on any atom is -0.451 e. The monoisotopic (exact) mass is 489 g/mol. The van der Waals surface area contributed by atoms with Crippen molar-refractivity contribution in [3.8, 4) is 11.3 Å². The van der Waals surface area contributed by atoms with Gasteiger partial charge in [-0.1, -0.05) is 35.3 Å². The van der Waals surface area contributed by atoms with Crippen molar-refractivity contribution in [2.24, 2.45) is 0 Å². The van der Waals surface area contributed by atoms with Gasteiger partial charge in [-0.05, 0) is 60.2 Å². The van der Waals surface area contributed by atoms with Crippen LogP contribution in [0, 0.1) is 0 Å². The van der Waals surface area contributed by atoms with Gasteiger partial charge in [0.2, 0.25) is 0 Å². The summed E-state index contributed by atoms with van der Waals surface area (Å²) in [7, 11) is 0. The van der Waals surface area contributed by atoms with Gasteiger partial charge in [0, 0.05) is 30.9 Å². The third-order valence-corrected chi connectivity index (χ3v) is 5.93. The molecule has 1 aromatic heterocycles. The van der Waals surface area contributed by atoms with E-state index in [0.717, 1.165) is 44.1 Å². The number of furan rings is 1. The molecule has 1 fully saturated rings. The normalized spacial score (nSPS) is 14.2. The lowest BCUT2D eigenvalue weighted by Crippen LogP contribution is -2.35. The summed E-state index contributed by atoms with van der Waals surface area (Å²) in [5.74, 6) is 0.192. The molecule has 1 saturated heterocycles. The van der Waals surface area contributed by atoms with E-state index in [9.17, 15) is 4.79 Å². The molecule has 6 nitrogen and oxygen atoms in total. The molecule has 2 heterocycles. The quantitative estimate of drug-likeness (QED) is 0.479. The summed E-state index contributed by atoms with van der Waals surface area (Å²) in [5.41, 5.74) is 2.71.